The van der Waals surface area contributed by atoms with E-state index in [-0.39, 0.29) is 23.6 Å². The van der Waals surface area contributed by atoms with Crippen molar-refractivity contribution in [2.45, 2.75) is 19.6 Å². The second-order valence-electron chi connectivity index (χ2n) is 5.38. The molecule has 0 saturated carbocycles. The molecule has 1 atom stereocenters. The number of hydrogen-bond donors (Lipinski definition) is 2. The van der Waals surface area contributed by atoms with Crippen molar-refractivity contribution in [3.05, 3.63) is 59.2 Å². The number of alkyl halides is 2. The molecule has 0 spiro atoms. The van der Waals surface area contributed by atoms with Crippen molar-refractivity contribution in [2.24, 2.45) is 0 Å². The van der Waals surface area contributed by atoms with Crippen molar-refractivity contribution >= 4 is 5.91 Å². The van der Waals surface area contributed by atoms with Gasteiger partial charge in [-0.2, -0.15) is 8.78 Å². The largest absolute Gasteiger partial charge is 0.493 e. The number of carbonyl (C=O) groups is 1. The zero-order chi connectivity index (χ0) is 18.4. The minimum Gasteiger partial charge on any atom is -0.493 e. The molecule has 0 fully saturated rings. The topological polar surface area (TPSA) is 67.8 Å². The molecule has 134 valence electrons. The van der Waals surface area contributed by atoms with Crippen LogP contribution in [-0.4, -0.2) is 31.3 Å². The number of nitrogens with one attached hydrogen (secondary N) is 1. The van der Waals surface area contributed by atoms with Gasteiger partial charge in [0.2, 0.25) is 0 Å². The summed E-state index contributed by atoms with van der Waals surface area (Å²) >= 11 is 0. The zero-order valence-corrected chi connectivity index (χ0v) is 13.8. The number of rotatable bonds is 7. The van der Waals surface area contributed by atoms with Gasteiger partial charge in [-0.3, -0.25) is 4.79 Å². The second-order valence-corrected chi connectivity index (χ2v) is 5.38. The predicted octanol–water partition coefficient (Wildman–Crippen LogP) is 3.07. The van der Waals surface area contributed by atoms with Crippen molar-refractivity contribution in [3.63, 3.8) is 0 Å². The molecule has 25 heavy (non-hydrogen) atoms. The minimum absolute atomic E-state index is 0.0149. The van der Waals surface area contributed by atoms with Gasteiger partial charge in [-0.1, -0.05) is 29.8 Å². The van der Waals surface area contributed by atoms with Crippen molar-refractivity contribution in [1.29, 1.82) is 0 Å². The lowest BCUT2D eigenvalue weighted by molar-refractivity contribution is -0.0512. The Hall–Kier alpha value is -2.67. The summed E-state index contributed by atoms with van der Waals surface area (Å²) in [5, 5.41) is 12.7. The van der Waals surface area contributed by atoms with Gasteiger partial charge in [-0.15, -0.1) is 0 Å². The first-order valence-corrected chi connectivity index (χ1v) is 7.56. The minimum atomic E-state index is -3.03. The number of amides is 1. The first-order chi connectivity index (χ1) is 11.9. The molecule has 2 N–H and O–H groups in total. The van der Waals surface area contributed by atoms with Crippen LogP contribution in [0.25, 0.3) is 0 Å². The highest BCUT2D eigenvalue weighted by atomic mass is 19.3. The number of aliphatic hydroxyl groups is 1. The van der Waals surface area contributed by atoms with E-state index in [4.69, 9.17) is 4.74 Å². The van der Waals surface area contributed by atoms with Crippen molar-refractivity contribution in [3.8, 4) is 11.5 Å². The first-order valence-electron chi connectivity index (χ1n) is 7.56. The SMILES string of the molecule is COc1ccc(C(=O)NCC(O)c2ccc(C)cc2)cc1OC(F)F. The molecule has 0 aliphatic carbocycles. The van der Waals surface area contributed by atoms with E-state index in [0.717, 1.165) is 5.56 Å². The smallest absolute Gasteiger partial charge is 0.387 e. The number of benzene rings is 2. The van der Waals surface area contributed by atoms with E-state index in [1.165, 1.54) is 25.3 Å². The summed E-state index contributed by atoms with van der Waals surface area (Å²) in [6.45, 7) is -1.12. The van der Waals surface area contributed by atoms with E-state index < -0.39 is 18.6 Å². The van der Waals surface area contributed by atoms with Crippen molar-refractivity contribution in [1.82, 2.24) is 5.32 Å². The van der Waals surface area contributed by atoms with Crippen LogP contribution in [-0.2, 0) is 0 Å². The molecule has 2 aromatic rings. The van der Waals surface area contributed by atoms with Crippen LogP contribution in [0.5, 0.6) is 11.5 Å². The summed E-state index contributed by atoms with van der Waals surface area (Å²) < 4.78 is 34.1. The third-order valence-electron chi connectivity index (χ3n) is 3.56. The summed E-state index contributed by atoms with van der Waals surface area (Å²) in [4.78, 5) is 12.2. The summed E-state index contributed by atoms with van der Waals surface area (Å²) in [5.41, 5.74) is 1.85. The average molecular weight is 351 g/mol. The van der Waals surface area contributed by atoms with Gasteiger partial charge < -0.3 is 19.9 Å². The van der Waals surface area contributed by atoms with Crippen LogP contribution < -0.4 is 14.8 Å². The molecule has 5 nitrogen and oxygen atoms in total. The van der Waals surface area contributed by atoms with Gasteiger partial charge in [0, 0.05) is 12.1 Å². The summed E-state index contributed by atoms with van der Waals surface area (Å²) in [6.07, 6.45) is -0.875. The van der Waals surface area contributed by atoms with Gasteiger partial charge in [0.15, 0.2) is 11.5 Å². The highest BCUT2D eigenvalue weighted by molar-refractivity contribution is 5.94. The Labute approximate surface area is 144 Å². The van der Waals surface area contributed by atoms with Gasteiger partial charge in [-0.05, 0) is 30.7 Å². The molecular formula is C18H19F2NO4. The van der Waals surface area contributed by atoms with Crippen molar-refractivity contribution < 1.29 is 28.2 Å². The van der Waals surface area contributed by atoms with Crippen LogP contribution in [0.3, 0.4) is 0 Å². The fourth-order valence-electron chi connectivity index (χ4n) is 2.20. The van der Waals surface area contributed by atoms with E-state index in [9.17, 15) is 18.7 Å². The maximum absolute atomic E-state index is 12.4. The number of ether oxygens (including phenoxy) is 2. The fourth-order valence-corrected chi connectivity index (χ4v) is 2.20. The third kappa shape index (κ3) is 5.15. The lowest BCUT2D eigenvalue weighted by Crippen LogP contribution is -2.28. The molecule has 1 unspecified atom stereocenters. The molecule has 7 heteroatoms. The summed E-state index contributed by atoms with van der Waals surface area (Å²) in [5.74, 6) is -0.659. The number of methoxy groups -OCH3 is 1. The van der Waals surface area contributed by atoms with Crippen LogP contribution in [0.2, 0.25) is 0 Å². The molecule has 1 amide bonds. The number of halogens is 2. The van der Waals surface area contributed by atoms with Crippen LogP contribution >= 0.6 is 0 Å². The Balaban J connectivity index is 2.03. The molecule has 0 aliphatic rings. The predicted molar refractivity (Wildman–Crippen MR) is 88.1 cm³/mol. The molecule has 0 saturated heterocycles. The molecule has 0 radical (unpaired) electrons. The highest BCUT2D eigenvalue weighted by Crippen LogP contribution is 2.29. The Bertz CT molecular complexity index is 720. The van der Waals surface area contributed by atoms with Crippen LogP contribution in [0, 0.1) is 6.92 Å². The van der Waals surface area contributed by atoms with Crippen molar-refractivity contribution in [2.75, 3.05) is 13.7 Å². The van der Waals surface area contributed by atoms with E-state index in [2.05, 4.69) is 10.1 Å². The lowest BCUT2D eigenvalue weighted by atomic mass is 10.1. The van der Waals surface area contributed by atoms with Gasteiger partial charge in [0.05, 0.1) is 13.2 Å². The highest BCUT2D eigenvalue weighted by Gasteiger charge is 2.15. The number of aryl methyl sites for hydroxylation is 1. The van der Waals surface area contributed by atoms with Crippen LogP contribution in [0.4, 0.5) is 8.78 Å². The Morgan fingerprint density at radius 3 is 2.44 bits per heavy atom. The number of carbonyl (C=O) groups excluding carboxylic acids is 1. The third-order valence-corrected chi connectivity index (χ3v) is 3.56. The van der Waals surface area contributed by atoms with E-state index in [0.29, 0.717) is 5.56 Å². The molecular weight excluding hydrogens is 332 g/mol. The Morgan fingerprint density at radius 2 is 1.84 bits per heavy atom. The maximum Gasteiger partial charge on any atom is 0.387 e. The quantitative estimate of drug-likeness (QED) is 0.804. The fraction of sp³-hybridized carbons (Fsp3) is 0.278. The van der Waals surface area contributed by atoms with E-state index in [1.54, 1.807) is 12.1 Å². The summed E-state index contributed by atoms with van der Waals surface area (Å²) in [6, 6.07) is 11.2. The molecule has 0 aliphatic heterocycles. The Kier molecular flexibility index (Phi) is 6.30. The van der Waals surface area contributed by atoms with Gasteiger partial charge in [0.25, 0.3) is 5.91 Å². The first kappa shape index (κ1) is 18.7. The molecule has 0 bridgehead atoms. The van der Waals surface area contributed by atoms with Gasteiger partial charge in [-0.25, -0.2) is 0 Å². The molecule has 2 aromatic carbocycles. The van der Waals surface area contributed by atoms with Crippen LogP contribution in [0.15, 0.2) is 42.5 Å². The normalized spacial score (nSPS) is 11.9. The standard InChI is InChI=1S/C18H19F2NO4/c1-11-3-5-12(6-4-11)14(22)10-21-17(23)13-7-8-15(24-2)16(9-13)25-18(19)20/h3-9,14,18,22H,10H2,1-2H3,(H,21,23). The average Bonchev–Trinajstić information content (AvgIpc) is 2.59. The molecule has 2 rings (SSSR count). The Morgan fingerprint density at radius 1 is 1.16 bits per heavy atom. The van der Waals surface area contributed by atoms with Gasteiger partial charge in [0.1, 0.15) is 0 Å². The van der Waals surface area contributed by atoms with E-state index >= 15 is 0 Å². The second kappa shape index (κ2) is 8.43. The number of aliphatic hydroxyl groups excluding tert-OH is 1. The molecule has 0 heterocycles. The lowest BCUT2D eigenvalue weighted by Gasteiger charge is -2.14. The van der Waals surface area contributed by atoms with E-state index in [1.807, 2.05) is 19.1 Å². The van der Waals surface area contributed by atoms with Gasteiger partial charge >= 0.3 is 6.61 Å². The summed E-state index contributed by atoms with van der Waals surface area (Å²) in [7, 11) is 1.31. The maximum atomic E-state index is 12.4. The zero-order valence-electron chi connectivity index (χ0n) is 13.8. The molecule has 0 aromatic heterocycles. The monoisotopic (exact) mass is 351 g/mol. The van der Waals surface area contributed by atoms with Crippen LogP contribution in [0.1, 0.15) is 27.6 Å². The number of hydrogen-bond acceptors (Lipinski definition) is 4.